The van der Waals surface area contributed by atoms with Gasteiger partial charge >= 0.3 is 0 Å². The molecule has 35 heavy (non-hydrogen) atoms. The molecule has 1 aliphatic rings. The summed E-state index contributed by atoms with van der Waals surface area (Å²) in [5, 5.41) is 13.1. The van der Waals surface area contributed by atoms with E-state index >= 15 is 0 Å². The molecule has 1 atom stereocenters. The molecule has 2 aromatic carbocycles. The second-order valence-electron chi connectivity index (χ2n) is 8.36. The molecular weight excluding hydrogens is 449 g/mol. The number of ether oxygens (including phenoxy) is 1. The van der Waals surface area contributed by atoms with Crippen LogP contribution in [0.4, 0.5) is 21.7 Å². The number of nitrogens with zero attached hydrogens (tertiary/aromatic N) is 4. The van der Waals surface area contributed by atoms with Crippen molar-refractivity contribution in [3.63, 3.8) is 0 Å². The number of fused-ring (bicyclic) bond motifs is 1. The van der Waals surface area contributed by atoms with Gasteiger partial charge in [0, 0.05) is 24.3 Å². The van der Waals surface area contributed by atoms with Crippen LogP contribution in [0.1, 0.15) is 6.42 Å². The van der Waals surface area contributed by atoms with Gasteiger partial charge in [0.05, 0.1) is 11.9 Å². The van der Waals surface area contributed by atoms with Crippen LogP contribution < -0.4 is 15.4 Å². The highest BCUT2D eigenvalue weighted by molar-refractivity contribution is 6.00. The lowest BCUT2D eigenvalue weighted by atomic mass is 10.1. The SMILES string of the molecule is C=CC(=O)Nc1cc(Nc2ncc3[nH]nc(-c4cccc(F)c4)c3n2)ccc1OC1CCN(C)C1. The summed E-state index contributed by atoms with van der Waals surface area (Å²) in [5.74, 6) is 0.201. The van der Waals surface area contributed by atoms with Crippen LogP contribution in [0.15, 0.2) is 61.3 Å². The smallest absolute Gasteiger partial charge is 0.247 e. The van der Waals surface area contributed by atoms with Crippen LogP contribution >= 0.6 is 0 Å². The van der Waals surface area contributed by atoms with E-state index in [1.807, 2.05) is 13.1 Å². The molecular formula is C25H24FN7O2. The third kappa shape index (κ3) is 4.97. The van der Waals surface area contributed by atoms with Gasteiger partial charge in [0.1, 0.15) is 34.4 Å². The Kier molecular flexibility index (Phi) is 6.11. The van der Waals surface area contributed by atoms with Crippen molar-refractivity contribution >= 4 is 34.3 Å². The number of likely N-dealkylation sites (N-methyl/N-ethyl adjacent to an activating group) is 1. The zero-order valence-electron chi connectivity index (χ0n) is 19.1. The summed E-state index contributed by atoms with van der Waals surface area (Å²) in [6, 6.07) is 11.6. The molecule has 2 aromatic heterocycles. The van der Waals surface area contributed by atoms with Crippen LogP contribution in [0.5, 0.6) is 5.75 Å². The van der Waals surface area contributed by atoms with Crippen molar-refractivity contribution < 1.29 is 13.9 Å². The number of benzene rings is 2. The van der Waals surface area contributed by atoms with Gasteiger partial charge in [-0.1, -0.05) is 18.7 Å². The number of likely N-dealkylation sites (tertiary alicyclic amines) is 1. The summed E-state index contributed by atoms with van der Waals surface area (Å²) < 4.78 is 19.9. The van der Waals surface area contributed by atoms with Gasteiger partial charge < -0.3 is 20.3 Å². The molecule has 4 aromatic rings. The fourth-order valence-corrected chi connectivity index (χ4v) is 4.00. The van der Waals surface area contributed by atoms with Gasteiger partial charge in [-0.15, -0.1) is 0 Å². The van der Waals surface area contributed by atoms with Crippen molar-refractivity contribution in [3.8, 4) is 17.0 Å². The summed E-state index contributed by atoms with van der Waals surface area (Å²) in [6.07, 6.45) is 3.77. The maximum atomic E-state index is 13.7. The maximum absolute atomic E-state index is 13.7. The standard InChI is InChI=1S/C25H24FN7O2/c1-3-22(34)29-19-12-17(7-8-21(19)35-18-9-10-33(2)14-18)28-25-27-13-20-24(30-25)23(32-31-20)15-5-4-6-16(26)11-15/h3-8,11-13,18H,1,9-10,14H2,2H3,(H,29,34)(H,31,32)(H,27,28,30). The lowest BCUT2D eigenvalue weighted by molar-refractivity contribution is -0.111. The number of aromatic nitrogens is 4. The minimum absolute atomic E-state index is 0.0475. The van der Waals surface area contributed by atoms with Gasteiger partial charge in [-0.2, -0.15) is 5.10 Å². The molecule has 5 rings (SSSR count). The molecule has 178 valence electrons. The number of amides is 1. The van der Waals surface area contributed by atoms with E-state index in [1.54, 1.807) is 30.5 Å². The van der Waals surface area contributed by atoms with Crippen LogP contribution in [-0.2, 0) is 4.79 Å². The van der Waals surface area contributed by atoms with E-state index in [0.717, 1.165) is 19.5 Å². The zero-order chi connectivity index (χ0) is 24.4. The van der Waals surface area contributed by atoms with Crippen LogP contribution in [0.3, 0.4) is 0 Å². The fourth-order valence-electron chi connectivity index (χ4n) is 4.00. The largest absolute Gasteiger partial charge is 0.487 e. The molecule has 0 spiro atoms. The number of hydrogen-bond donors (Lipinski definition) is 3. The minimum atomic E-state index is -0.355. The van der Waals surface area contributed by atoms with Gasteiger partial charge in [-0.05, 0) is 49.9 Å². The van der Waals surface area contributed by atoms with Crippen LogP contribution in [0, 0.1) is 5.82 Å². The maximum Gasteiger partial charge on any atom is 0.247 e. The molecule has 0 radical (unpaired) electrons. The van der Waals surface area contributed by atoms with E-state index in [4.69, 9.17) is 4.74 Å². The van der Waals surface area contributed by atoms with Crippen molar-refractivity contribution in [2.24, 2.45) is 0 Å². The van der Waals surface area contributed by atoms with E-state index in [2.05, 4.69) is 42.3 Å². The Hall–Kier alpha value is -4.31. The molecule has 9 nitrogen and oxygen atoms in total. The quantitative estimate of drug-likeness (QED) is 0.347. The second-order valence-corrected chi connectivity index (χ2v) is 8.36. The number of H-pyrrole nitrogens is 1. The van der Waals surface area contributed by atoms with E-state index in [-0.39, 0.29) is 17.8 Å². The fraction of sp³-hybridized carbons (Fsp3) is 0.200. The lowest BCUT2D eigenvalue weighted by Crippen LogP contribution is -2.22. The van der Waals surface area contributed by atoms with E-state index < -0.39 is 0 Å². The van der Waals surface area contributed by atoms with Crippen LogP contribution in [0.2, 0.25) is 0 Å². The normalized spacial score (nSPS) is 15.8. The third-order valence-electron chi connectivity index (χ3n) is 5.72. The monoisotopic (exact) mass is 473 g/mol. The first-order valence-corrected chi connectivity index (χ1v) is 11.2. The molecule has 1 amide bonds. The topological polar surface area (TPSA) is 108 Å². The number of rotatable bonds is 7. The number of carbonyl (C=O) groups is 1. The highest BCUT2D eigenvalue weighted by atomic mass is 19.1. The van der Waals surface area contributed by atoms with Crippen molar-refractivity contribution in [3.05, 3.63) is 67.1 Å². The molecule has 1 saturated heterocycles. The summed E-state index contributed by atoms with van der Waals surface area (Å²) in [6.45, 7) is 5.31. The van der Waals surface area contributed by atoms with Crippen LogP contribution in [-0.4, -0.2) is 57.2 Å². The molecule has 0 saturated carbocycles. The Balaban J connectivity index is 1.43. The number of hydrogen-bond acceptors (Lipinski definition) is 7. The molecule has 1 unspecified atom stereocenters. The van der Waals surface area contributed by atoms with Crippen molar-refractivity contribution in [2.45, 2.75) is 12.5 Å². The van der Waals surface area contributed by atoms with Crippen molar-refractivity contribution in [1.29, 1.82) is 0 Å². The Labute approximate surface area is 201 Å². The number of aromatic amines is 1. The van der Waals surface area contributed by atoms with E-state index in [1.165, 1.54) is 18.2 Å². The molecule has 1 fully saturated rings. The molecule has 3 N–H and O–H groups in total. The molecule has 10 heteroatoms. The Morgan fingerprint density at radius 2 is 2.20 bits per heavy atom. The lowest BCUT2D eigenvalue weighted by Gasteiger charge is -2.18. The van der Waals surface area contributed by atoms with Gasteiger partial charge in [-0.25, -0.2) is 14.4 Å². The molecule has 0 aliphatic carbocycles. The number of carbonyl (C=O) groups excluding carboxylic acids is 1. The molecule has 3 heterocycles. The zero-order valence-corrected chi connectivity index (χ0v) is 19.1. The summed E-state index contributed by atoms with van der Waals surface area (Å²) >= 11 is 0. The van der Waals surface area contributed by atoms with Crippen molar-refractivity contribution in [2.75, 3.05) is 30.8 Å². The van der Waals surface area contributed by atoms with Crippen LogP contribution in [0.25, 0.3) is 22.3 Å². The summed E-state index contributed by atoms with van der Waals surface area (Å²) in [4.78, 5) is 23.1. The van der Waals surface area contributed by atoms with Gasteiger partial charge in [0.2, 0.25) is 11.9 Å². The van der Waals surface area contributed by atoms with Gasteiger partial charge in [0.25, 0.3) is 0 Å². The average molecular weight is 474 g/mol. The van der Waals surface area contributed by atoms with Gasteiger partial charge in [0.15, 0.2) is 0 Å². The first-order valence-electron chi connectivity index (χ1n) is 11.2. The second kappa shape index (κ2) is 9.51. The first-order chi connectivity index (χ1) is 17.0. The van der Waals surface area contributed by atoms with E-state index in [9.17, 15) is 9.18 Å². The predicted octanol–water partition coefficient (Wildman–Crippen LogP) is 4.11. The minimum Gasteiger partial charge on any atom is -0.487 e. The van der Waals surface area contributed by atoms with Gasteiger partial charge in [-0.3, -0.25) is 9.89 Å². The Morgan fingerprint density at radius 1 is 1.31 bits per heavy atom. The van der Waals surface area contributed by atoms with E-state index in [0.29, 0.717) is 45.4 Å². The summed E-state index contributed by atoms with van der Waals surface area (Å²) in [5.41, 5.74) is 3.47. The number of nitrogens with one attached hydrogen (secondary N) is 3. The Morgan fingerprint density at radius 3 is 2.97 bits per heavy atom. The number of halogens is 1. The molecule has 0 bridgehead atoms. The predicted molar refractivity (Wildman–Crippen MR) is 132 cm³/mol. The summed E-state index contributed by atoms with van der Waals surface area (Å²) in [7, 11) is 2.05. The average Bonchev–Trinajstić information content (AvgIpc) is 3.46. The molecule has 1 aliphatic heterocycles. The first kappa shape index (κ1) is 22.5. The Bertz CT molecular complexity index is 1400. The highest BCUT2D eigenvalue weighted by Gasteiger charge is 2.22. The highest BCUT2D eigenvalue weighted by Crippen LogP contribution is 2.32. The van der Waals surface area contributed by atoms with Crippen molar-refractivity contribution in [1.82, 2.24) is 25.1 Å². The third-order valence-corrected chi connectivity index (χ3v) is 5.72. The number of anilines is 3.